The first-order chi connectivity index (χ1) is 18.4. The molecule has 1 saturated heterocycles. The van der Waals surface area contributed by atoms with Crippen molar-refractivity contribution < 1.29 is 4.79 Å². The molecular weight excluding hydrogens is 498 g/mol. The Morgan fingerprint density at radius 1 is 1.16 bits per heavy atom. The number of nitrogens with two attached hydrogens (primary N) is 1. The normalized spacial score (nSPS) is 20.2. The molecular formula is C27H37N9OS. The van der Waals surface area contributed by atoms with E-state index >= 15 is 0 Å². The summed E-state index contributed by atoms with van der Waals surface area (Å²) >= 11 is 1.45. The first-order valence-corrected chi connectivity index (χ1v) is 14.7. The van der Waals surface area contributed by atoms with Crippen LogP contribution in [0.4, 0.5) is 11.1 Å². The summed E-state index contributed by atoms with van der Waals surface area (Å²) in [4.78, 5) is 29.2. The highest BCUT2D eigenvalue weighted by Crippen LogP contribution is 2.42. The van der Waals surface area contributed by atoms with Crippen LogP contribution in [0.1, 0.15) is 86.1 Å². The first-order valence-electron chi connectivity index (χ1n) is 13.8. The van der Waals surface area contributed by atoms with E-state index < -0.39 is 0 Å². The molecule has 1 aliphatic heterocycles. The van der Waals surface area contributed by atoms with Gasteiger partial charge in [0.2, 0.25) is 5.95 Å². The Bertz CT molecular complexity index is 1300. The number of hydrogen-bond donors (Lipinski definition) is 4. The number of carbonyl (C=O) groups is 1. The average molecular weight is 536 g/mol. The second kappa shape index (κ2) is 10.3. The number of aromatic nitrogens is 5. The molecule has 5 N–H and O–H groups in total. The number of anilines is 2. The fourth-order valence-corrected chi connectivity index (χ4v) is 7.13. The molecule has 0 spiro atoms. The molecule has 2 fully saturated rings. The van der Waals surface area contributed by atoms with E-state index in [4.69, 9.17) is 5.73 Å². The third-order valence-corrected chi connectivity index (χ3v) is 9.18. The van der Waals surface area contributed by atoms with Crippen LogP contribution in [0.25, 0.3) is 11.4 Å². The number of H-pyrrole nitrogens is 1. The van der Waals surface area contributed by atoms with E-state index in [2.05, 4.69) is 54.5 Å². The maximum Gasteiger partial charge on any atom is 0.275 e. The zero-order valence-electron chi connectivity index (χ0n) is 22.2. The number of nitrogens with one attached hydrogen (secondary N) is 3. The minimum absolute atomic E-state index is 0.196. The van der Waals surface area contributed by atoms with Crippen molar-refractivity contribution >= 4 is 28.3 Å². The van der Waals surface area contributed by atoms with Crippen molar-refractivity contribution in [2.24, 2.45) is 0 Å². The molecule has 3 aromatic heterocycles. The Labute approximate surface area is 227 Å². The minimum atomic E-state index is -0.313. The standard InChI is InChI=1S/C27H37N9OS/c1-27(2)12-16-13-30-25(28)32-21(16)22-20(27)23(35-34-22)24(37)33-26-31-18(15-38-26)14-29-17-8-10-36(11-9-17)19-6-4-3-5-7-19/h13,15,17,19,29H,3-12,14H2,1-2H3,(H,34,35)(H2,28,30,32)(H,31,33,37). The molecule has 202 valence electrons. The maximum absolute atomic E-state index is 13.3. The third kappa shape index (κ3) is 5.06. The van der Waals surface area contributed by atoms with Crippen molar-refractivity contribution in [3.63, 3.8) is 0 Å². The van der Waals surface area contributed by atoms with Gasteiger partial charge in [-0.2, -0.15) is 5.10 Å². The van der Waals surface area contributed by atoms with Gasteiger partial charge in [0.05, 0.1) is 11.4 Å². The molecule has 10 nitrogen and oxygen atoms in total. The number of thiazole rings is 1. The van der Waals surface area contributed by atoms with Crippen molar-refractivity contribution in [1.29, 1.82) is 0 Å². The highest BCUT2D eigenvalue weighted by atomic mass is 32.1. The van der Waals surface area contributed by atoms with Crippen molar-refractivity contribution in [2.45, 2.75) is 89.3 Å². The number of hydrogen-bond acceptors (Lipinski definition) is 9. The lowest BCUT2D eigenvalue weighted by atomic mass is 9.73. The number of piperidine rings is 1. The molecule has 0 radical (unpaired) electrons. The van der Waals surface area contributed by atoms with Gasteiger partial charge in [-0.1, -0.05) is 33.1 Å². The summed E-state index contributed by atoms with van der Waals surface area (Å²) in [7, 11) is 0. The van der Waals surface area contributed by atoms with E-state index in [1.54, 1.807) is 6.20 Å². The molecule has 1 saturated carbocycles. The monoisotopic (exact) mass is 535 g/mol. The minimum Gasteiger partial charge on any atom is -0.368 e. The van der Waals surface area contributed by atoms with Crippen LogP contribution in [-0.2, 0) is 18.4 Å². The summed E-state index contributed by atoms with van der Waals surface area (Å²) in [6.45, 7) is 7.29. The zero-order chi connectivity index (χ0) is 26.3. The predicted octanol–water partition coefficient (Wildman–Crippen LogP) is 3.88. The second-order valence-electron chi connectivity index (χ2n) is 11.6. The molecule has 2 aliphatic carbocycles. The number of rotatable bonds is 6. The Morgan fingerprint density at radius 3 is 2.74 bits per heavy atom. The van der Waals surface area contributed by atoms with Crippen molar-refractivity contribution in [2.75, 3.05) is 24.1 Å². The molecule has 3 aliphatic rings. The Balaban J connectivity index is 1.06. The molecule has 0 aromatic carbocycles. The highest BCUT2D eigenvalue weighted by molar-refractivity contribution is 7.14. The lowest BCUT2D eigenvalue weighted by Crippen LogP contribution is -2.47. The Morgan fingerprint density at radius 2 is 1.95 bits per heavy atom. The van der Waals surface area contributed by atoms with Crippen LogP contribution < -0.4 is 16.4 Å². The number of nitrogen functional groups attached to an aromatic ring is 1. The van der Waals surface area contributed by atoms with Crippen LogP contribution in [0.2, 0.25) is 0 Å². The van der Waals surface area contributed by atoms with Gasteiger partial charge in [-0.15, -0.1) is 11.3 Å². The fourth-order valence-electron chi connectivity index (χ4n) is 6.42. The summed E-state index contributed by atoms with van der Waals surface area (Å²) in [5.41, 5.74) is 10.1. The van der Waals surface area contributed by atoms with Gasteiger partial charge in [0.1, 0.15) is 11.4 Å². The highest BCUT2D eigenvalue weighted by Gasteiger charge is 2.38. The SMILES string of the molecule is CC1(C)Cc2cnc(N)nc2-c2n[nH]c(C(=O)Nc3nc(CNC4CCN(C5CCCCC5)CC4)cs3)c21. The van der Waals surface area contributed by atoms with E-state index in [1.165, 1.54) is 69.4 Å². The lowest BCUT2D eigenvalue weighted by Gasteiger charge is -2.39. The number of amides is 1. The fraction of sp³-hybridized carbons (Fsp3) is 0.593. The van der Waals surface area contributed by atoms with E-state index in [1.807, 2.05) is 5.38 Å². The topological polar surface area (TPSA) is 138 Å². The summed E-state index contributed by atoms with van der Waals surface area (Å²) in [5.74, 6) is -0.0525. The van der Waals surface area contributed by atoms with Gasteiger partial charge in [-0.3, -0.25) is 15.2 Å². The third-order valence-electron chi connectivity index (χ3n) is 8.37. The van der Waals surface area contributed by atoms with Gasteiger partial charge in [-0.05, 0) is 56.2 Å². The Kier molecular flexibility index (Phi) is 6.92. The van der Waals surface area contributed by atoms with Gasteiger partial charge in [0.25, 0.3) is 5.91 Å². The van der Waals surface area contributed by atoms with E-state index in [0.717, 1.165) is 22.9 Å². The van der Waals surface area contributed by atoms with Crippen molar-refractivity contribution in [1.82, 2.24) is 35.4 Å². The van der Waals surface area contributed by atoms with Crippen LogP contribution in [0.5, 0.6) is 0 Å². The largest absolute Gasteiger partial charge is 0.368 e. The number of nitrogens with zero attached hydrogens (tertiary/aromatic N) is 5. The Hall–Kier alpha value is -2.89. The quantitative estimate of drug-likeness (QED) is 0.373. The van der Waals surface area contributed by atoms with Crippen LogP contribution in [0.3, 0.4) is 0 Å². The molecule has 3 aromatic rings. The van der Waals surface area contributed by atoms with E-state index in [-0.39, 0.29) is 17.3 Å². The van der Waals surface area contributed by atoms with Gasteiger partial charge >= 0.3 is 0 Å². The van der Waals surface area contributed by atoms with Gasteiger partial charge in [0.15, 0.2) is 5.13 Å². The van der Waals surface area contributed by atoms with Crippen LogP contribution in [0, 0.1) is 0 Å². The average Bonchev–Trinajstić information content (AvgIpc) is 3.57. The number of carbonyl (C=O) groups excluding carboxylic acids is 1. The van der Waals surface area contributed by atoms with Crippen molar-refractivity contribution in [3.8, 4) is 11.4 Å². The van der Waals surface area contributed by atoms with E-state index in [0.29, 0.717) is 41.2 Å². The van der Waals surface area contributed by atoms with Gasteiger partial charge in [-0.25, -0.2) is 15.0 Å². The molecule has 0 unspecified atom stereocenters. The molecule has 4 heterocycles. The number of likely N-dealkylation sites (tertiary alicyclic amines) is 1. The van der Waals surface area contributed by atoms with E-state index in [9.17, 15) is 4.79 Å². The van der Waals surface area contributed by atoms with Crippen LogP contribution in [-0.4, -0.2) is 61.1 Å². The molecule has 0 bridgehead atoms. The number of fused-ring (bicyclic) bond motifs is 3. The van der Waals surface area contributed by atoms with Crippen LogP contribution in [0.15, 0.2) is 11.6 Å². The zero-order valence-corrected chi connectivity index (χ0v) is 23.0. The van der Waals surface area contributed by atoms with Gasteiger partial charge in [0, 0.05) is 35.8 Å². The summed E-state index contributed by atoms with van der Waals surface area (Å²) in [6.07, 6.45) is 11.8. The predicted molar refractivity (Wildman–Crippen MR) is 149 cm³/mol. The van der Waals surface area contributed by atoms with Crippen LogP contribution >= 0.6 is 11.3 Å². The second-order valence-corrected chi connectivity index (χ2v) is 12.4. The molecule has 0 atom stereocenters. The summed E-state index contributed by atoms with van der Waals surface area (Å²) in [5, 5.41) is 16.7. The molecule has 11 heteroatoms. The summed E-state index contributed by atoms with van der Waals surface area (Å²) < 4.78 is 0. The molecule has 1 amide bonds. The molecule has 38 heavy (non-hydrogen) atoms. The van der Waals surface area contributed by atoms with Gasteiger partial charge < -0.3 is 16.0 Å². The summed E-state index contributed by atoms with van der Waals surface area (Å²) in [6, 6.07) is 1.33. The molecule has 6 rings (SSSR count). The lowest BCUT2D eigenvalue weighted by molar-refractivity contribution is 0.102. The van der Waals surface area contributed by atoms with Crippen molar-refractivity contribution in [3.05, 3.63) is 34.1 Å². The number of aromatic amines is 1. The smallest absolute Gasteiger partial charge is 0.275 e. The first kappa shape index (κ1) is 25.4. The maximum atomic E-state index is 13.3.